The number of carboxylic acid groups (broad SMARTS) is 1. The lowest BCUT2D eigenvalue weighted by molar-refractivity contribution is -0.139. The van der Waals surface area contributed by atoms with Crippen LogP contribution in [0.1, 0.15) is 71.1 Å². The number of hydrogen-bond donors (Lipinski definition) is 5. The van der Waals surface area contributed by atoms with Gasteiger partial charge < -0.3 is 21.9 Å². The quantitative estimate of drug-likeness (QED) is 0.178. The Morgan fingerprint density at radius 3 is 2.21 bits per heavy atom. The molecule has 0 rings (SSSR count). The van der Waals surface area contributed by atoms with Gasteiger partial charge in [-0.3, -0.25) is 19.8 Å². The standard InChI is InChI=1S/C19H39N5O4/c1-3-4-5-6-7-8-9-10-16(21)19(28)22-15(11-12-20)13-17(25)23-24(2)14-18(26)27/h15-16H,3-14,20-21H2,1-2H3,(H,22,28)(H,23,25)(H,26,27). The van der Waals surface area contributed by atoms with Crippen molar-refractivity contribution in [1.29, 1.82) is 0 Å². The molecule has 0 spiro atoms. The lowest BCUT2D eigenvalue weighted by Gasteiger charge is -2.22. The summed E-state index contributed by atoms with van der Waals surface area (Å²) in [5, 5.41) is 12.7. The van der Waals surface area contributed by atoms with Crippen molar-refractivity contribution in [2.24, 2.45) is 11.5 Å². The highest BCUT2D eigenvalue weighted by atomic mass is 16.4. The van der Waals surface area contributed by atoms with Gasteiger partial charge in [0.25, 0.3) is 0 Å². The third-order valence-corrected chi connectivity index (χ3v) is 4.44. The van der Waals surface area contributed by atoms with E-state index >= 15 is 0 Å². The molecule has 0 bridgehead atoms. The Hall–Kier alpha value is -1.71. The zero-order chi connectivity index (χ0) is 21.4. The normalized spacial score (nSPS) is 13.2. The molecular weight excluding hydrogens is 362 g/mol. The Morgan fingerprint density at radius 2 is 1.64 bits per heavy atom. The highest BCUT2D eigenvalue weighted by molar-refractivity contribution is 5.83. The number of carbonyl (C=O) groups excluding carboxylic acids is 2. The van der Waals surface area contributed by atoms with E-state index in [1.54, 1.807) is 0 Å². The van der Waals surface area contributed by atoms with E-state index in [9.17, 15) is 14.4 Å². The second-order valence-electron chi connectivity index (χ2n) is 7.29. The van der Waals surface area contributed by atoms with Gasteiger partial charge in [-0.1, -0.05) is 51.9 Å². The molecule has 0 aliphatic heterocycles. The zero-order valence-corrected chi connectivity index (χ0v) is 17.4. The van der Waals surface area contributed by atoms with Crippen LogP contribution in [0.15, 0.2) is 0 Å². The van der Waals surface area contributed by atoms with Crippen molar-refractivity contribution < 1.29 is 19.5 Å². The minimum Gasteiger partial charge on any atom is -0.480 e. The number of likely N-dealkylation sites (N-methyl/N-ethyl adjacent to an activating group) is 1. The van der Waals surface area contributed by atoms with Crippen LogP contribution in [0.5, 0.6) is 0 Å². The summed E-state index contributed by atoms with van der Waals surface area (Å²) in [4.78, 5) is 34.9. The first-order valence-corrected chi connectivity index (χ1v) is 10.3. The number of rotatable bonds is 17. The first-order valence-electron chi connectivity index (χ1n) is 10.3. The second-order valence-corrected chi connectivity index (χ2v) is 7.29. The predicted molar refractivity (Wildman–Crippen MR) is 109 cm³/mol. The van der Waals surface area contributed by atoms with Gasteiger partial charge in [-0.05, 0) is 19.4 Å². The number of unbranched alkanes of at least 4 members (excludes halogenated alkanes) is 6. The van der Waals surface area contributed by atoms with Gasteiger partial charge in [-0.2, -0.15) is 0 Å². The van der Waals surface area contributed by atoms with Crippen LogP contribution < -0.4 is 22.2 Å². The molecule has 0 aromatic carbocycles. The number of carbonyl (C=O) groups is 3. The minimum absolute atomic E-state index is 0.0110. The molecule has 7 N–H and O–H groups in total. The van der Waals surface area contributed by atoms with Crippen LogP contribution in [0.3, 0.4) is 0 Å². The fraction of sp³-hybridized carbons (Fsp3) is 0.842. The molecule has 0 radical (unpaired) electrons. The molecule has 2 amide bonds. The molecule has 0 aromatic rings. The zero-order valence-electron chi connectivity index (χ0n) is 17.4. The van der Waals surface area contributed by atoms with Gasteiger partial charge in [0.2, 0.25) is 11.8 Å². The Kier molecular flexibility index (Phi) is 15.3. The first-order chi connectivity index (χ1) is 13.3. The monoisotopic (exact) mass is 401 g/mol. The van der Waals surface area contributed by atoms with Gasteiger partial charge in [-0.25, -0.2) is 5.01 Å². The second kappa shape index (κ2) is 16.3. The summed E-state index contributed by atoms with van der Waals surface area (Å²) < 4.78 is 0. The van der Waals surface area contributed by atoms with Gasteiger partial charge in [0.15, 0.2) is 0 Å². The van der Waals surface area contributed by atoms with Crippen molar-refractivity contribution in [3.63, 3.8) is 0 Å². The summed E-state index contributed by atoms with van der Waals surface area (Å²) in [5.41, 5.74) is 14.0. The third kappa shape index (κ3) is 14.4. The highest BCUT2D eigenvalue weighted by Crippen LogP contribution is 2.09. The van der Waals surface area contributed by atoms with Gasteiger partial charge in [0.05, 0.1) is 6.04 Å². The van der Waals surface area contributed by atoms with Crippen LogP contribution in [0.4, 0.5) is 0 Å². The maximum Gasteiger partial charge on any atom is 0.319 e. The summed E-state index contributed by atoms with van der Waals surface area (Å²) >= 11 is 0. The van der Waals surface area contributed by atoms with Crippen molar-refractivity contribution in [1.82, 2.24) is 15.8 Å². The summed E-state index contributed by atoms with van der Waals surface area (Å²) in [6.07, 6.45) is 9.16. The van der Waals surface area contributed by atoms with Crippen molar-refractivity contribution in [2.75, 3.05) is 20.1 Å². The van der Waals surface area contributed by atoms with Crippen LogP contribution in [0.25, 0.3) is 0 Å². The SMILES string of the molecule is CCCCCCCCCC(N)C(=O)NC(CCN)CC(=O)NN(C)CC(=O)O. The lowest BCUT2D eigenvalue weighted by atomic mass is 10.0. The Labute approximate surface area is 168 Å². The van der Waals surface area contributed by atoms with Gasteiger partial charge in [0.1, 0.15) is 6.54 Å². The van der Waals surface area contributed by atoms with E-state index < -0.39 is 18.1 Å². The molecule has 0 aliphatic carbocycles. The Bertz CT molecular complexity index is 462. The maximum atomic E-state index is 12.3. The van der Waals surface area contributed by atoms with Crippen LogP contribution in [-0.2, 0) is 14.4 Å². The summed E-state index contributed by atoms with van der Waals surface area (Å²) in [6.45, 7) is 2.19. The summed E-state index contributed by atoms with van der Waals surface area (Å²) in [5.74, 6) is -1.72. The molecule has 164 valence electrons. The van der Waals surface area contributed by atoms with Crippen molar-refractivity contribution in [3.05, 3.63) is 0 Å². The molecule has 0 aliphatic rings. The number of hydrogen-bond acceptors (Lipinski definition) is 6. The fourth-order valence-corrected chi connectivity index (χ4v) is 2.91. The fourth-order valence-electron chi connectivity index (χ4n) is 2.91. The van der Waals surface area contributed by atoms with Crippen LogP contribution in [0, 0.1) is 0 Å². The number of nitrogens with two attached hydrogens (primary N) is 2. The number of hydrazine groups is 1. The molecule has 9 nitrogen and oxygen atoms in total. The molecule has 28 heavy (non-hydrogen) atoms. The van der Waals surface area contributed by atoms with Crippen molar-refractivity contribution in [3.8, 4) is 0 Å². The molecule has 2 unspecified atom stereocenters. The van der Waals surface area contributed by atoms with Crippen LogP contribution in [-0.4, -0.2) is 60.1 Å². The Balaban J connectivity index is 4.22. The van der Waals surface area contributed by atoms with Crippen LogP contribution >= 0.6 is 0 Å². The first kappa shape index (κ1) is 26.3. The highest BCUT2D eigenvalue weighted by Gasteiger charge is 2.20. The molecule has 0 heterocycles. The average Bonchev–Trinajstić information content (AvgIpc) is 2.59. The van der Waals surface area contributed by atoms with E-state index in [4.69, 9.17) is 16.6 Å². The predicted octanol–water partition coefficient (Wildman–Crippen LogP) is 0.726. The van der Waals surface area contributed by atoms with E-state index in [2.05, 4.69) is 17.7 Å². The maximum absolute atomic E-state index is 12.3. The van der Waals surface area contributed by atoms with E-state index in [-0.39, 0.29) is 24.8 Å². The molecule has 0 saturated heterocycles. The molecule has 0 aromatic heterocycles. The minimum atomic E-state index is -1.05. The number of aliphatic carboxylic acids is 1. The molecule has 2 atom stereocenters. The van der Waals surface area contributed by atoms with E-state index in [0.717, 1.165) is 19.3 Å². The number of carboxylic acids is 1. The number of amides is 2. The summed E-state index contributed by atoms with van der Waals surface area (Å²) in [6, 6.07) is -1.04. The number of nitrogens with one attached hydrogen (secondary N) is 2. The average molecular weight is 402 g/mol. The molecular formula is C19H39N5O4. The largest absolute Gasteiger partial charge is 0.480 e. The van der Waals surface area contributed by atoms with E-state index in [1.807, 2.05) is 0 Å². The smallest absolute Gasteiger partial charge is 0.319 e. The van der Waals surface area contributed by atoms with Crippen molar-refractivity contribution >= 4 is 17.8 Å². The molecule has 0 fully saturated rings. The van der Waals surface area contributed by atoms with Crippen molar-refractivity contribution in [2.45, 2.75) is 83.2 Å². The molecule has 9 heteroatoms. The van der Waals surface area contributed by atoms with Crippen LogP contribution in [0.2, 0.25) is 0 Å². The lowest BCUT2D eigenvalue weighted by Crippen LogP contribution is -2.49. The third-order valence-electron chi connectivity index (χ3n) is 4.44. The van der Waals surface area contributed by atoms with Gasteiger partial charge in [0, 0.05) is 19.5 Å². The van der Waals surface area contributed by atoms with Gasteiger partial charge in [-0.15, -0.1) is 0 Å². The van der Waals surface area contributed by atoms with Gasteiger partial charge >= 0.3 is 5.97 Å². The topological polar surface area (TPSA) is 151 Å². The number of nitrogens with zero attached hydrogens (tertiary/aromatic N) is 1. The van der Waals surface area contributed by atoms with E-state index in [0.29, 0.717) is 19.4 Å². The summed E-state index contributed by atoms with van der Waals surface area (Å²) in [7, 11) is 1.46. The molecule has 0 saturated carbocycles. The Morgan fingerprint density at radius 1 is 1.04 bits per heavy atom. The van der Waals surface area contributed by atoms with E-state index in [1.165, 1.54) is 37.7 Å².